The van der Waals surface area contributed by atoms with Gasteiger partial charge in [0.05, 0.1) is 0 Å². The molecule has 1 rings (SSSR count). The van der Waals surface area contributed by atoms with E-state index in [-0.39, 0.29) is 0 Å². The standard InChI is InChI=1S/C8H10O/c1-6-3-7(2)8(4-6)5-9/h4-5H,3H2,1-2H3. The van der Waals surface area contributed by atoms with Crippen LogP contribution in [0.15, 0.2) is 22.8 Å². The third-order valence-electron chi connectivity index (χ3n) is 1.57. The Morgan fingerprint density at radius 3 is 2.44 bits per heavy atom. The predicted octanol–water partition coefficient (Wildman–Crippen LogP) is 1.85. The van der Waals surface area contributed by atoms with E-state index in [1.165, 1.54) is 11.1 Å². The first-order valence-electron chi connectivity index (χ1n) is 3.06. The van der Waals surface area contributed by atoms with Crippen molar-refractivity contribution in [2.24, 2.45) is 0 Å². The first-order chi connectivity index (χ1) is 4.24. The van der Waals surface area contributed by atoms with Crippen LogP contribution in [-0.2, 0) is 4.79 Å². The molecule has 0 heterocycles. The number of rotatable bonds is 1. The van der Waals surface area contributed by atoms with E-state index in [4.69, 9.17) is 0 Å². The number of aldehydes is 1. The average molecular weight is 122 g/mol. The van der Waals surface area contributed by atoms with Crippen molar-refractivity contribution < 1.29 is 4.79 Å². The fourth-order valence-corrected chi connectivity index (χ4v) is 1.09. The van der Waals surface area contributed by atoms with Crippen LogP contribution in [0.2, 0.25) is 0 Å². The number of carbonyl (C=O) groups excluding carboxylic acids is 1. The molecule has 1 aliphatic rings. The van der Waals surface area contributed by atoms with E-state index in [1.807, 2.05) is 19.9 Å². The van der Waals surface area contributed by atoms with Gasteiger partial charge in [-0.25, -0.2) is 0 Å². The summed E-state index contributed by atoms with van der Waals surface area (Å²) in [6.45, 7) is 4.04. The van der Waals surface area contributed by atoms with Crippen molar-refractivity contribution in [3.8, 4) is 0 Å². The lowest BCUT2D eigenvalue weighted by molar-refractivity contribution is -0.104. The summed E-state index contributed by atoms with van der Waals surface area (Å²) >= 11 is 0. The van der Waals surface area contributed by atoms with Crippen LogP contribution >= 0.6 is 0 Å². The minimum Gasteiger partial charge on any atom is -0.298 e. The molecule has 0 amide bonds. The highest BCUT2D eigenvalue weighted by Gasteiger charge is 2.06. The Morgan fingerprint density at radius 2 is 2.22 bits per heavy atom. The van der Waals surface area contributed by atoms with E-state index < -0.39 is 0 Å². The second-order valence-corrected chi connectivity index (χ2v) is 2.52. The van der Waals surface area contributed by atoms with Crippen LogP contribution in [0.25, 0.3) is 0 Å². The molecule has 0 aliphatic heterocycles. The van der Waals surface area contributed by atoms with Crippen molar-refractivity contribution >= 4 is 6.29 Å². The Morgan fingerprint density at radius 1 is 1.56 bits per heavy atom. The number of hydrogen-bond donors (Lipinski definition) is 0. The van der Waals surface area contributed by atoms with Crippen molar-refractivity contribution in [1.29, 1.82) is 0 Å². The molecule has 48 valence electrons. The van der Waals surface area contributed by atoms with Gasteiger partial charge in [-0.15, -0.1) is 0 Å². The monoisotopic (exact) mass is 122 g/mol. The summed E-state index contributed by atoms with van der Waals surface area (Å²) in [7, 11) is 0. The van der Waals surface area contributed by atoms with Crippen molar-refractivity contribution in [2.75, 3.05) is 0 Å². The third kappa shape index (κ3) is 1.10. The molecule has 1 aliphatic carbocycles. The molecule has 0 radical (unpaired) electrons. The van der Waals surface area contributed by atoms with E-state index in [9.17, 15) is 4.79 Å². The lowest BCUT2D eigenvalue weighted by Crippen LogP contribution is -1.77. The van der Waals surface area contributed by atoms with Gasteiger partial charge in [-0.3, -0.25) is 4.79 Å². The molecular weight excluding hydrogens is 112 g/mol. The van der Waals surface area contributed by atoms with Crippen LogP contribution in [0.3, 0.4) is 0 Å². The topological polar surface area (TPSA) is 17.1 Å². The second-order valence-electron chi connectivity index (χ2n) is 2.52. The zero-order valence-corrected chi connectivity index (χ0v) is 5.77. The molecule has 0 bridgehead atoms. The van der Waals surface area contributed by atoms with Gasteiger partial charge in [-0.1, -0.05) is 17.2 Å². The van der Waals surface area contributed by atoms with Gasteiger partial charge in [-0.2, -0.15) is 0 Å². The van der Waals surface area contributed by atoms with E-state index in [0.29, 0.717) is 0 Å². The molecule has 0 fully saturated rings. The quantitative estimate of drug-likeness (QED) is 0.485. The first kappa shape index (κ1) is 6.27. The van der Waals surface area contributed by atoms with Gasteiger partial charge in [0.15, 0.2) is 0 Å². The van der Waals surface area contributed by atoms with Crippen LogP contribution < -0.4 is 0 Å². The van der Waals surface area contributed by atoms with Gasteiger partial charge in [0.1, 0.15) is 6.29 Å². The predicted molar refractivity (Wildman–Crippen MR) is 37.1 cm³/mol. The minimum atomic E-state index is 0.868. The van der Waals surface area contributed by atoms with E-state index in [0.717, 1.165) is 18.3 Å². The van der Waals surface area contributed by atoms with E-state index >= 15 is 0 Å². The Kier molecular flexibility index (Phi) is 1.52. The third-order valence-corrected chi connectivity index (χ3v) is 1.57. The fraction of sp³-hybridized carbons (Fsp3) is 0.375. The van der Waals surface area contributed by atoms with E-state index in [1.54, 1.807) is 0 Å². The summed E-state index contributed by atoms with van der Waals surface area (Å²) in [5.74, 6) is 0. The van der Waals surface area contributed by atoms with Gasteiger partial charge in [-0.05, 0) is 20.3 Å². The largest absolute Gasteiger partial charge is 0.298 e. The molecule has 0 atom stereocenters. The van der Waals surface area contributed by atoms with Crippen LogP contribution in [0.1, 0.15) is 20.3 Å². The number of allylic oxidation sites excluding steroid dienone is 4. The molecule has 0 aromatic heterocycles. The molecule has 1 heteroatoms. The Labute approximate surface area is 55.1 Å². The maximum Gasteiger partial charge on any atom is 0.150 e. The molecule has 0 aromatic carbocycles. The second kappa shape index (κ2) is 2.18. The lowest BCUT2D eigenvalue weighted by atomic mass is 10.2. The summed E-state index contributed by atoms with van der Waals surface area (Å²) in [4.78, 5) is 10.3. The molecule has 0 N–H and O–H groups in total. The summed E-state index contributed by atoms with van der Waals surface area (Å²) in [6, 6.07) is 0. The number of carbonyl (C=O) groups is 1. The fourth-order valence-electron chi connectivity index (χ4n) is 1.09. The van der Waals surface area contributed by atoms with Gasteiger partial charge >= 0.3 is 0 Å². The highest BCUT2D eigenvalue weighted by atomic mass is 16.1. The molecule has 0 saturated carbocycles. The highest BCUT2D eigenvalue weighted by molar-refractivity contribution is 5.80. The molecular formula is C8H10O. The molecule has 0 unspecified atom stereocenters. The smallest absolute Gasteiger partial charge is 0.150 e. The van der Waals surface area contributed by atoms with Crippen molar-refractivity contribution in [3.63, 3.8) is 0 Å². The van der Waals surface area contributed by atoms with Gasteiger partial charge < -0.3 is 0 Å². The van der Waals surface area contributed by atoms with Crippen molar-refractivity contribution in [2.45, 2.75) is 20.3 Å². The Bertz CT molecular complexity index is 197. The Hall–Kier alpha value is -0.850. The minimum absolute atomic E-state index is 0.868. The van der Waals surface area contributed by atoms with Crippen LogP contribution in [0.5, 0.6) is 0 Å². The highest BCUT2D eigenvalue weighted by Crippen LogP contribution is 2.22. The molecule has 0 saturated heterocycles. The average Bonchev–Trinajstić information content (AvgIpc) is 2.10. The summed E-state index contributed by atoms with van der Waals surface area (Å²) < 4.78 is 0. The maximum absolute atomic E-state index is 10.3. The van der Waals surface area contributed by atoms with Crippen molar-refractivity contribution in [1.82, 2.24) is 0 Å². The SMILES string of the molecule is CC1=CC(C=O)=C(C)C1. The van der Waals surface area contributed by atoms with Crippen molar-refractivity contribution in [3.05, 3.63) is 22.8 Å². The lowest BCUT2D eigenvalue weighted by Gasteiger charge is -1.89. The zero-order valence-electron chi connectivity index (χ0n) is 5.77. The molecule has 0 aromatic rings. The Balaban J connectivity index is 2.87. The van der Waals surface area contributed by atoms with Gasteiger partial charge in [0, 0.05) is 5.57 Å². The molecule has 0 spiro atoms. The molecule has 1 nitrogen and oxygen atoms in total. The molecule has 9 heavy (non-hydrogen) atoms. The van der Waals surface area contributed by atoms with Gasteiger partial charge in [0.25, 0.3) is 0 Å². The zero-order chi connectivity index (χ0) is 6.85. The summed E-state index contributed by atoms with van der Waals surface area (Å²) in [5, 5.41) is 0. The van der Waals surface area contributed by atoms with Crippen LogP contribution in [0.4, 0.5) is 0 Å². The van der Waals surface area contributed by atoms with Crippen LogP contribution in [-0.4, -0.2) is 6.29 Å². The normalized spacial score (nSPS) is 18.2. The number of hydrogen-bond acceptors (Lipinski definition) is 1. The van der Waals surface area contributed by atoms with Gasteiger partial charge in [0.2, 0.25) is 0 Å². The summed E-state index contributed by atoms with van der Waals surface area (Å²) in [5.41, 5.74) is 3.35. The van der Waals surface area contributed by atoms with E-state index in [2.05, 4.69) is 0 Å². The summed E-state index contributed by atoms with van der Waals surface area (Å²) in [6.07, 6.45) is 3.85. The van der Waals surface area contributed by atoms with Crippen LogP contribution in [0, 0.1) is 0 Å². The first-order valence-corrected chi connectivity index (χ1v) is 3.06. The maximum atomic E-state index is 10.3.